The number of aromatic amines is 1. The normalized spacial score (nSPS) is 25.4. The van der Waals surface area contributed by atoms with Crippen molar-refractivity contribution in [2.45, 2.75) is 56.6 Å². The van der Waals surface area contributed by atoms with Crippen molar-refractivity contribution < 1.29 is 29.3 Å². The number of nitrogens with zero attached hydrogens (tertiary/aromatic N) is 3. The van der Waals surface area contributed by atoms with Gasteiger partial charge in [-0.15, -0.1) is 0 Å². The lowest BCUT2D eigenvalue weighted by molar-refractivity contribution is -0.140. The van der Waals surface area contributed by atoms with Gasteiger partial charge in [-0.05, 0) is 55.5 Å². The molecular formula is C38H37BN4O6S. The lowest BCUT2D eigenvalue weighted by atomic mass is 9.70. The average Bonchev–Trinajstić information content (AvgIpc) is 3.73. The summed E-state index contributed by atoms with van der Waals surface area (Å²) in [5, 5.41) is 35.5. The monoisotopic (exact) mass is 688 g/mol. The number of carbonyl (C=O) groups excluding carboxylic acids is 1. The third-order valence-electron chi connectivity index (χ3n) is 10.8. The van der Waals surface area contributed by atoms with Crippen LogP contribution in [0.25, 0.3) is 39.1 Å². The van der Waals surface area contributed by atoms with Crippen molar-refractivity contribution in [2.75, 3.05) is 13.8 Å². The van der Waals surface area contributed by atoms with Crippen LogP contribution in [0.3, 0.4) is 0 Å². The first-order chi connectivity index (χ1) is 23.8. The number of hydrogen-bond acceptors (Lipinski definition) is 9. The maximum atomic E-state index is 14.1. The van der Waals surface area contributed by atoms with E-state index in [9.17, 15) is 20.1 Å². The van der Waals surface area contributed by atoms with Gasteiger partial charge in [0.25, 0.3) is 0 Å². The van der Waals surface area contributed by atoms with Crippen molar-refractivity contribution in [3.8, 4) is 33.9 Å². The number of ether oxygens (including phenoxy) is 1. The van der Waals surface area contributed by atoms with Crippen molar-refractivity contribution >= 4 is 43.0 Å². The number of thiol groups is 1. The van der Waals surface area contributed by atoms with Gasteiger partial charge in [0.15, 0.2) is 5.76 Å². The van der Waals surface area contributed by atoms with Crippen LogP contribution in [-0.2, 0) is 16.6 Å². The number of fused-ring (bicyclic) bond motifs is 7. The smallest absolute Gasteiger partial charge is 0.243 e. The highest BCUT2D eigenvalue weighted by molar-refractivity contribution is 7.81. The number of hydrogen-bond donors (Lipinski definition) is 5. The van der Waals surface area contributed by atoms with E-state index in [2.05, 4.69) is 4.98 Å². The number of nitrogens with one attached hydrogen (secondary N) is 1. The first-order valence-electron chi connectivity index (χ1n) is 16.6. The number of carbonyl (C=O) groups is 1. The van der Waals surface area contributed by atoms with Gasteiger partial charge in [0, 0.05) is 45.9 Å². The van der Waals surface area contributed by atoms with Crippen LogP contribution in [-0.4, -0.2) is 79.7 Å². The number of phenolic OH excluding ortho intramolecular Hbond substituents is 1. The zero-order valence-electron chi connectivity index (χ0n) is 28.4. The number of aryl methyl sites for hydroxylation is 2. The third kappa shape index (κ3) is 4.25. The predicted octanol–water partition coefficient (Wildman–Crippen LogP) is 5.21. The highest BCUT2D eigenvalue weighted by Gasteiger charge is 2.54. The molecule has 3 unspecified atom stereocenters. The van der Waals surface area contributed by atoms with Gasteiger partial charge >= 0.3 is 0 Å². The molecule has 0 saturated carbocycles. The molecule has 0 aliphatic carbocycles. The number of H-pyrrole nitrogens is 1. The molecular weight excluding hydrogens is 651 g/mol. The fourth-order valence-electron chi connectivity index (χ4n) is 8.15. The quantitative estimate of drug-likeness (QED) is 0.126. The summed E-state index contributed by atoms with van der Waals surface area (Å²) in [6, 6.07) is 16.7. The molecule has 3 aliphatic heterocycles. The number of para-hydroxylation sites is 1. The van der Waals surface area contributed by atoms with Crippen LogP contribution in [0.2, 0.25) is 0 Å². The topological polar surface area (TPSA) is 135 Å². The average molecular weight is 689 g/mol. The zero-order chi connectivity index (χ0) is 35.4. The summed E-state index contributed by atoms with van der Waals surface area (Å²) in [4.78, 5) is 25.4. The van der Waals surface area contributed by atoms with Gasteiger partial charge in [-0.1, -0.05) is 56.3 Å². The van der Waals surface area contributed by atoms with Crippen LogP contribution in [0, 0.1) is 19.8 Å². The van der Waals surface area contributed by atoms with E-state index < -0.39 is 35.2 Å². The molecule has 10 nitrogen and oxygen atoms in total. The lowest BCUT2D eigenvalue weighted by Crippen LogP contribution is -2.65. The fraction of sp³-hybridized carbons (Fsp3) is 0.316. The van der Waals surface area contributed by atoms with Crippen molar-refractivity contribution in [3.63, 3.8) is 0 Å². The van der Waals surface area contributed by atoms with Gasteiger partial charge in [0.2, 0.25) is 18.1 Å². The van der Waals surface area contributed by atoms with E-state index in [-0.39, 0.29) is 29.7 Å². The van der Waals surface area contributed by atoms with Crippen LogP contribution < -0.4 is 4.74 Å². The molecule has 9 bridgehead atoms. The molecule has 0 saturated heterocycles. The molecule has 4 N–H and O–H groups in total. The molecule has 4 atom stereocenters. The van der Waals surface area contributed by atoms with Gasteiger partial charge in [0.1, 0.15) is 37.2 Å². The molecule has 5 heterocycles. The minimum atomic E-state index is -1.66. The molecule has 12 heteroatoms. The molecule has 5 aromatic rings. The zero-order valence-corrected chi connectivity index (χ0v) is 29.2. The number of aromatic nitrogens is 2. The van der Waals surface area contributed by atoms with Crippen molar-refractivity contribution in [3.05, 3.63) is 94.6 Å². The van der Waals surface area contributed by atoms with Gasteiger partial charge < -0.3 is 39.3 Å². The second-order valence-corrected chi connectivity index (χ2v) is 14.4. The summed E-state index contributed by atoms with van der Waals surface area (Å²) in [7, 11) is 8.89. The van der Waals surface area contributed by atoms with Crippen molar-refractivity contribution in [2.24, 2.45) is 5.92 Å². The SMILES string of the molecule is [B][C@]1(C(C)C)N(C)C(=O)C(S)Cc2ccc(O)c(c2)C23/C=C(\c4nc(C)c(o4)-c4c(C)[nH]c5cccc(c45)-c4cccc2c4OC3O)N1CO. The van der Waals surface area contributed by atoms with E-state index in [1.165, 1.54) is 9.80 Å². The molecule has 3 aliphatic rings. The number of amides is 1. The first kappa shape index (κ1) is 32.6. The van der Waals surface area contributed by atoms with Crippen molar-refractivity contribution in [1.82, 2.24) is 19.8 Å². The molecule has 8 rings (SSSR count). The second-order valence-electron chi connectivity index (χ2n) is 13.8. The Morgan fingerprint density at radius 1 is 1.12 bits per heavy atom. The van der Waals surface area contributed by atoms with E-state index in [1.807, 2.05) is 64.1 Å². The van der Waals surface area contributed by atoms with Gasteiger partial charge in [0.05, 0.1) is 16.5 Å². The van der Waals surface area contributed by atoms with Crippen LogP contribution >= 0.6 is 12.6 Å². The van der Waals surface area contributed by atoms with E-state index in [0.29, 0.717) is 33.9 Å². The van der Waals surface area contributed by atoms with Gasteiger partial charge in [-0.3, -0.25) is 4.79 Å². The number of aromatic hydroxyl groups is 1. The summed E-state index contributed by atoms with van der Waals surface area (Å²) < 4.78 is 13.3. The van der Waals surface area contributed by atoms with Crippen LogP contribution in [0.1, 0.15) is 47.8 Å². The Labute approximate surface area is 296 Å². The number of oxazole rings is 1. The lowest BCUT2D eigenvalue weighted by Gasteiger charge is -2.52. The highest BCUT2D eigenvalue weighted by atomic mass is 32.1. The number of benzene rings is 3. The van der Waals surface area contributed by atoms with E-state index >= 15 is 0 Å². The van der Waals surface area contributed by atoms with Gasteiger partial charge in [-0.2, -0.15) is 12.6 Å². The predicted molar refractivity (Wildman–Crippen MR) is 194 cm³/mol. The second kappa shape index (κ2) is 11.2. The third-order valence-corrected chi connectivity index (χ3v) is 11.2. The largest absolute Gasteiger partial charge is 0.508 e. The van der Waals surface area contributed by atoms with Crippen LogP contribution in [0.5, 0.6) is 11.5 Å². The standard InChI is InChI=1S/C38H37BN4O6S/c1-18(2)38(39)42(5)35(46)29(50)15-21-12-13-28(45)25(14-21)37-16-27(43(38)17-44)34-41-20(4)32(48-34)30-19(3)40-26-11-7-8-22(31(26)30)23-9-6-10-24(37)33(23)49-36(37)47/h6-14,16,18,29,36,40,44-45,47,50H,15,17H2,1-5H3/b27-16+/t29?,36?,37?,38-/m1/s1. The maximum absolute atomic E-state index is 14.1. The summed E-state index contributed by atoms with van der Waals surface area (Å²) >= 11 is 4.73. The van der Waals surface area contributed by atoms with E-state index in [0.717, 1.165) is 33.3 Å². The van der Waals surface area contributed by atoms with Crippen LogP contribution in [0.15, 0.2) is 65.1 Å². The fourth-order valence-corrected chi connectivity index (χ4v) is 8.54. The molecule has 2 radical (unpaired) electrons. The Kier molecular flexibility index (Phi) is 7.28. The molecule has 254 valence electrons. The first-order valence-corrected chi connectivity index (χ1v) is 17.1. The highest BCUT2D eigenvalue weighted by Crippen LogP contribution is 2.56. The minimum Gasteiger partial charge on any atom is -0.508 e. The summed E-state index contributed by atoms with van der Waals surface area (Å²) in [5.41, 5.74) is 3.20. The molecule has 0 fully saturated rings. The Balaban J connectivity index is 1.60. The maximum Gasteiger partial charge on any atom is 0.243 e. The number of rotatable bonds is 2. The summed E-state index contributed by atoms with van der Waals surface area (Å²) in [6.45, 7) is 6.85. The molecule has 2 aromatic heterocycles. The number of aliphatic hydroxyl groups is 2. The molecule has 3 aromatic carbocycles. The van der Waals surface area contributed by atoms with E-state index in [1.54, 1.807) is 31.3 Å². The Morgan fingerprint density at radius 2 is 1.86 bits per heavy atom. The summed E-state index contributed by atoms with van der Waals surface area (Å²) in [6.07, 6.45) is 0.328. The van der Waals surface area contributed by atoms with E-state index in [4.69, 9.17) is 34.6 Å². The minimum absolute atomic E-state index is 0.0842. The van der Waals surface area contributed by atoms with Gasteiger partial charge in [-0.25, -0.2) is 4.98 Å². The summed E-state index contributed by atoms with van der Waals surface area (Å²) in [5.74, 6) is 0.0794. The number of phenols is 1. The molecule has 1 spiro atoms. The Hall–Kier alpha value is -4.65. The number of aliphatic hydroxyl groups excluding tert-OH is 2. The molecule has 1 amide bonds. The Bertz CT molecular complexity index is 2260. The van der Waals surface area contributed by atoms with Crippen molar-refractivity contribution in [1.29, 1.82) is 0 Å². The Morgan fingerprint density at radius 3 is 2.60 bits per heavy atom. The molecule has 50 heavy (non-hydrogen) atoms. The van der Waals surface area contributed by atoms with Crippen LogP contribution in [0.4, 0.5) is 0 Å².